The van der Waals surface area contributed by atoms with E-state index in [4.69, 9.17) is 4.84 Å². The van der Waals surface area contributed by atoms with Gasteiger partial charge in [-0.1, -0.05) is 62.6 Å². The summed E-state index contributed by atoms with van der Waals surface area (Å²) in [5.41, 5.74) is 4.34. The zero-order chi connectivity index (χ0) is 24.8. The van der Waals surface area contributed by atoms with Crippen LogP contribution in [-0.4, -0.2) is 6.54 Å². The monoisotopic (exact) mass is 537 g/mol. The van der Waals surface area contributed by atoms with Crippen molar-refractivity contribution < 1.29 is 4.84 Å². The van der Waals surface area contributed by atoms with Crippen molar-refractivity contribution in [1.82, 2.24) is 5.48 Å². The van der Waals surface area contributed by atoms with Crippen molar-refractivity contribution in [2.75, 3.05) is 6.54 Å². The van der Waals surface area contributed by atoms with E-state index in [1.807, 2.05) is 34.0 Å². The normalized spacial score (nSPS) is 12.0. The Labute approximate surface area is 228 Å². The Balaban J connectivity index is 1.22. The van der Waals surface area contributed by atoms with E-state index in [0.717, 1.165) is 18.7 Å². The van der Waals surface area contributed by atoms with Gasteiger partial charge in [-0.25, -0.2) is 0 Å². The van der Waals surface area contributed by atoms with Gasteiger partial charge in [0.1, 0.15) is 5.75 Å². The molecule has 0 aliphatic carbocycles. The minimum absolute atomic E-state index is 0.862. The summed E-state index contributed by atoms with van der Waals surface area (Å²) in [6.07, 6.45) is 4.94. The second kappa shape index (κ2) is 9.73. The minimum Gasteiger partial charge on any atom is -0.409 e. The Morgan fingerprint density at radius 3 is 2.35 bits per heavy atom. The predicted molar refractivity (Wildman–Crippen MR) is 166 cm³/mol. The molecule has 1 N–H and O–H groups in total. The zero-order valence-electron chi connectivity index (χ0n) is 20.7. The number of hydrogen-bond donors (Lipinski definition) is 1. The van der Waals surface area contributed by atoms with Gasteiger partial charge in [0.15, 0.2) is 0 Å². The van der Waals surface area contributed by atoms with Gasteiger partial charge in [-0.05, 0) is 59.8 Å². The van der Waals surface area contributed by atoms with Crippen molar-refractivity contribution >= 4 is 84.4 Å². The second-order valence-electron chi connectivity index (χ2n) is 9.56. The summed E-state index contributed by atoms with van der Waals surface area (Å²) in [7, 11) is 0. The highest BCUT2D eigenvalue weighted by Crippen LogP contribution is 2.47. The van der Waals surface area contributed by atoms with Crippen LogP contribution in [0, 0.1) is 0 Å². The number of hydrogen-bond acceptors (Lipinski definition) is 5. The number of fused-ring (bicyclic) bond motifs is 9. The third-order valence-electron chi connectivity index (χ3n) is 7.11. The lowest BCUT2D eigenvalue weighted by atomic mass is 10.0. The van der Waals surface area contributed by atoms with Crippen molar-refractivity contribution in [2.45, 2.75) is 32.6 Å². The second-order valence-corrected chi connectivity index (χ2v) is 12.7. The molecule has 37 heavy (non-hydrogen) atoms. The summed E-state index contributed by atoms with van der Waals surface area (Å²) in [6.45, 7) is 3.12. The molecule has 2 nitrogen and oxygen atoms in total. The molecule has 0 radical (unpaired) electrons. The van der Waals surface area contributed by atoms with E-state index < -0.39 is 0 Å². The number of thiophene rings is 3. The Bertz CT molecular complexity index is 1870. The molecule has 3 aromatic heterocycles. The lowest BCUT2D eigenvalue weighted by Crippen LogP contribution is -2.19. The molecule has 0 atom stereocenters. The molecule has 0 saturated heterocycles. The molecule has 3 heterocycles. The first kappa shape index (κ1) is 23.2. The van der Waals surface area contributed by atoms with Crippen molar-refractivity contribution in [3.05, 3.63) is 78.9 Å². The van der Waals surface area contributed by atoms with Crippen LogP contribution < -0.4 is 10.3 Å². The average Bonchev–Trinajstić information content (AvgIpc) is 3.61. The van der Waals surface area contributed by atoms with Gasteiger partial charge in [0.2, 0.25) is 0 Å². The first-order valence-corrected chi connectivity index (χ1v) is 15.4. The largest absolute Gasteiger partial charge is 0.409 e. The number of rotatable bonds is 8. The highest BCUT2D eigenvalue weighted by atomic mass is 32.1. The van der Waals surface area contributed by atoms with Crippen LogP contribution in [0.2, 0.25) is 0 Å². The lowest BCUT2D eigenvalue weighted by Gasteiger charge is -2.07. The molecular formula is C32H27NOS3. The average molecular weight is 538 g/mol. The van der Waals surface area contributed by atoms with Crippen LogP contribution in [0.25, 0.3) is 60.9 Å². The molecule has 0 unspecified atom stereocenters. The van der Waals surface area contributed by atoms with Gasteiger partial charge in [-0.15, -0.1) is 34.0 Å². The van der Waals surface area contributed by atoms with Gasteiger partial charge in [0.05, 0.1) is 4.70 Å². The van der Waals surface area contributed by atoms with Crippen molar-refractivity contribution in [2.24, 2.45) is 0 Å². The first-order valence-electron chi connectivity index (χ1n) is 13.0. The maximum Gasteiger partial charge on any atom is 0.147 e. The molecule has 0 aliphatic rings. The fraction of sp³-hybridized carbons (Fsp3) is 0.188. The summed E-state index contributed by atoms with van der Waals surface area (Å²) < 4.78 is 6.89. The van der Waals surface area contributed by atoms with E-state index in [2.05, 4.69) is 91.3 Å². The van der Waals surface area contributed by atoms with Crippen LogP contribution in [0.1, 0.15) is 32.6 Å². The van der Waals surface area contributed by atoms with Crippen LogP contribution in [0.5, 0.6) is 5.75 Å². The number of hydroxylamine groups is 1. The van der Waals surface area contributed by atoms with Crippen LogP contribution in [0.15, 0.2) is 78.9 Å². The lowest BCUT2D eigenvalue weighted by molar-refractivity contribution is 0.193. The number of unbranched alkanes of at least 4 members (excludes halogenated alkanes) is 3. The smallest absolute Gasteiger partial charge is 0.147 e. The van der Waals surface area contributed by atoms with Gasteiger partial charge in [-0.2, -0.15) is 5.48 Å². The van der Waals surface area contributed by atoms with E-state index >= 15 is 0 Å². The third kappa shape index (κ3) is 4.11. The van der Waals surface area contributed by atoms with Crippen LogP contribution >= 0.6 is 34.0 Å². The molecular weight excluding hydrogens is 511 g/mol. The molecule has 0 fully saturated rings. The summed E-state index contributed by atoms with van der Waals surface area (Å²) in [4.78, 5) is 7.05. The Kier molecular flexibility index (Phi) is 6.10. The zero-order valence-corrected chi connectivity index (χ0v) is 23.1. The van der Waals surface area contributed by atoms with Crippen molar-refractivity contribution in [3.8, 4) is 16.2 Å². The van der Waals surface area contributed by atoms with E-state index in [9.17, 15) is 0 Å². The molecule has 0 aliphatic heterocycles. The fourth-order valence-electron chi connectivity index (χ4n) is 5.22. The number of benzene rings is 4. The maximum absolute atomic E-state index is 5.74. The van der Waals surface area contributed by atoms with Gasteiger partial charge < -0.3 is 4.84 Å². The third-order valence-corrected chi connectivity index (χ3v) is 10.8. The van der Waals surface area contributed by atoms with E-state index in [1.54, 1.807) is 0 Å². The topological polar surface area (TPSA) is 21.3 Å². The highest BCUT2D eigenvalue weighted by Gasteiger charge is 2.16. The predicted octanol–water partition coefficient (Wildman–Crippen LogP) is 10.8. The minimum atomic E-state index is 0.862. The molecule has 184 valence electrons. The fourth-order valence-corrected chi connectivity index (χ4v) is 9.03. The Morgan fingerprint density at radius 2 is 1.46 bits per heavy atom. The van der Waals surface area contributed by atoms with Gasteiger partial charge in [0.25, 0.3) is 0 Å². The molecule has 0 spiro atoms. The molecule has 7 aromatic rings. The van der Waals surface area contributed by atoms with Crippen LogP contribution in [0.3, 0.4) is 0 Å². The molecule has 0 amide bonds. The summed E-state index contributed by atoms with van der Waals surface area (Å²) in [5.74, 6) is 0.862. The molecule has 4 aromatic carbocycles. The van der Waals surface area contributed by atoms with Crippen molar-refractivity contribution in [3.63, 3.8) is 0 Å². The van der Waals surface area contributed by atoms with Gasteiger partial charge >= 0.3 is 0 Å². The molecule has 0 saturated carbocycles. The highest BCUT2D eigenvalue weighted by molar-refractivity contribution is 7.34. The Morgan fingerprint density at radius 1 is 0.649 bits per heavy atom. The van der Waals surface area contributed by atoms with E-state index in [0.29, 0.717) is 0 Å². The summed E-state index contributed by atoms with van der Waals surface area (Å²) >= 11 is 5.72. The van der Waals surface area contributed by atoms with Crippen LogP contribution in [-0.2, 0) is 0 Å². The van der Waals surface area contributed by atoms with Crippen molar-refractivity contribution in [1.29, 1.82) is 0 Å². The first-order chi connectivity index (χ1) is 18.3. The maximum atomic E-state index is 5.74. The molecule has 7 rings (SSSR count). The van der Waals surface area contributed by atoms with E-state index in [-0.39, 0.29) is 0 Å². The Hall–Kier alpha value is -2.96. The molecule has 0 bridgehead atoms. The number of nitrogens with one attached hydrogen (secondary N) is 1. The van der Waals surface area contributed by atoms with E-state index in [1.165, 1.54) is 80.1 Å². The quantitative estimate of drug-likeness (QED) is 0.154. The van der Waals surface area contributed by atoms with Gasteiger partial charge in [0, 0.05) is 51.8 Å². The molecule has 5 heteroatoms. The summed E-state index contributed by atoms with van der Waals surface area (Å²) in [5, 5.41) is 6.86. The van der Waals surface area contributed by atoms with Gasteiger partial charge in [-0.3, -0.25) is 0 Å². The standard InChI is InChI=1S/C32H27NOS3/c1-2-3-4-7-18-33-34-21-12-10-20(11-13-21)28-19-29-32(37-28)30-23-14-15-24-22-8-5-6-9-26(22)36-31(24)25(23)16-17-27(30)35-29/h5-6,8-17,19,33H,2-4,7,18H2,1H3. The summed E-state index contributed by atoms with van der Waals surface area (Å²) in [6, 6.07) is 28.9. The SMILES string of the molecule is CCCCCCNOc1ccc(-c2cc3sc4ccc5c(ccc6c7ccccc7sc65)c4c3s2)cc1. The van der Waals surface area contributed by atoms with Crippen LogP contribution in [0.4, 0.5) is 0 Å².